The molecule has 36 heavy (non-hydrogen) atoms. The van der Waals surface area contributed by atoms with Crippen LogP contribution in [0.25, 0.3) is 22.3 Å². The standard InChI is InChI=1S/C25H27N9O2/c1-33(2)22-15-27-18-6-4-16(12-19(18)30-22)23-20(36-3)14-29-25(32-23)31-21-7-5-17(13-28-21)24(35)34-10-8-26-9-11-34/h4-7,12-15,26H,8-11H2,1-3H3,(H,28,29,31,32). The number of aromatic nitrogens is 5. The molecular weight excluding hydrogens is 458 g/mol. The van der Waals surface area contributed by atoms with Crippen molar-refractivity contribution in [3.8, 4) is 17.0 Å². The van der Waals surface area contributed by atoms with E-state index in [1.165, 1.54) is 0 Å². The zero-order valence-corrected chi connectivity index (χ0v) is 20.4. The van der Waals surface area contributed by atoms with Crippen molar-refractivity contribution in [2.75, 3.05) is 57.6 Å². The molecule has 1 saturated heterocycles. The highest BCUT2D eigenvalue weighted by atomic mass is 16.5. The molecule has 1 aromatic carbocycles. The van der Waals surface area contributed by atoms with Gasteiger partial charge < -0.3 is 25.2 Å². The van der Waals surface area contributed by atoms with Crippen molar-refractivity contribution in [1.29, 1.82) is 0 Å². The molecule has 0 radical (unpaired) electrons. The number of ether oxygens (including phenoxy) is 1. The maximum Gasteiger partial charge on any atom is 0.255 e. The van der Waals surface area contributed by atoms with Crippen LogP contribution in [0.3, 0.4) is 0 Å². The summed E-state index contributed by atoms with van der Waals surface area (Å²) in [4.78, 5) is 39.0. The average molecular weight is 486 g/mol. The van der Waals surface area contributed by atoms with E-state index in [2.05, 4.69) is 35.6 Å². The summed E-state index contributed by atoms with van der Waals surface area (Å²) in [5.41, 5.74) is 3.52. The van der Waals surface area contributed by atoms with Gasteiger partial charge in [-0.15, -0.1) is 0 Å². The Labute approximate surface area is 208 Å². The van der Waals surface area contributed by atoms with Crippen LogP contribution in [0.1, 0.15) is 10.4 Å². The first-order valence-electron chi connectivity index (χ1n) is 11.6. The minimum absolute atomic E-state index is 0.0182. The van der Waals surface area contributed by atoms with Crippen molar-refractivity contribution < 1.29 is 9.53 Å². The molecule has 0 unspecified atom stereocenters. The first kappa shape index (κ1) is 23.4. The number of piperazine rings is 1. The number of benzene rings is 1. The number of fused-ring (bicyclic) bond motifs is 1. The lowest BCUT2D eigenvalue weighted by molar-refractivity contribution is 0.0735. The third-order valence-corrected chi connectivity index (χ3v) is 5.89. The number of rotatable bonds is 6. The van der Waals surface area contributed by atoms with Gasteiger partial charge in [0.05, 0.1) is 36.1 Å². The van der Waals surface area contributed by atoms with Gasteiger partial charge in [-0.2, -0.15) is 0 Å². The van der Waals surface area contributed by atoms with Gasteiger partial charge in [-0.25, -0.2) is 19.9 Å². The van der Waals surface area contributed by atoms with Gasteiger partial charge in [-0.1, -0.05) is 6.07 Å². The van der Waals surface area contributed by atoms with E-state index in [4.69, 9.17) is 4.74 Å². The summed E-state index contributed by atoms with van der Waals surface area (Å²) in [6, 6.07) is 9.27. The molecule has 1 amide bonds. The van der Waals surface area contributed by atoms with Crippen LogP contribution in [-0.4, -0.2) is 83.1 Å². The van der Waals surface area contributed by atoms with Crippen LogP contribution in [0.15, 0.2) is 48.9 Å². The van der Waals surface area contributed by atoms with Gasteiger partial charge >= 0.3 is 0 Å². The number of hydrogen-bond acceptors (Lipinski definition) is 10. The number of carbonyl (C=O) groups excluding carboxylic acids is 1. The fourth-order valence-electron chi connectivity index (χ4n) is 3.91. The largest absolute Gasteiger partial charge is 0.493 e. The molecule has 184 valence electrons. The molecule has 0 saturated carbocycles. The fraction of sp³-hybridized carbons (Fsp3) is 0.280. The van der Waals surface area contributed by atoms with Crippen molar-refractivity contribution in [2.45, 2.75) is 0 Å². The molecule has 1 aliphatic heterocycles. The summed E-state index contributed by atoms with van der Waals surface area (Å²) < 4.78 is 5.52. The third kappa shape index (κ3) is 4.86. The summed E-state index contributed by atoms with van der Waals surface area (Å²) in [5.74, 6) is 2.16. The van der Waals surface area contributed by atoms with E-state index in [-0.39, 0.29) is 5.91 Å². The monoisotopic (exact) mass is 485 g/mol. The third-order valence-electron chi connectivity index (χ3n) is 5.89. The smallest absolute Gasteiger partial charge is 0.255 e. The number of pyridine rings is 1. The molecule has 4 heterocycles. The quantitative estimate of drug-likeness (QED) is 0.421. The van der Waals surface area contributed by atoms with E-state index in [9.17, 15) is 4.79 Å². The highest BCUT2D eigenvalue weighted by Gasteiger charge is 2.18. The SMILES string of the molecule is COc1cnc(Nc2ccc(C(=O)N3CCNCC3)cn2)nc1-c1ccc2ncc(N(C)C)nc2c1. The predicted octanol–water partition coefficient (Wildman–Crippen LogP) is 2.35. The maximum absolute atomic E-state index is 12.7. The number of methoxy groups -OCH3 is 1. The van der Waals surface area contributed by atoms with Crippen molar-refractivity contribution in [3.05, 3.63) is 54.5 Å². The van der Waals surface area contributed by atoms with Gasteiger partial charge in [0.2, 0.25) is 5.95 Å². The lowest BCUT2D eigenvalue weighted by Gasteiger charge is -2.27. The lowest BCUT2D eigenvalue weighted by Crippen LogP contribution is -2.46. The van der Waals surface area contributed by atoms with Gasteiger partial charge in [0.1, 0.15) is 17.3 Å². The molecule has 1 aliphatic rings. The van der Waals surface area contributed by atoms with Crippen molar-refractivity contribution >= 4 is 34.5 Å². The zero-order valence-electron chi connectivity index (χ0n) is 20.4. The van der Waals surface area contributed by atoms with Gasteiger partial charge in [-0.3, -0.25) is 9.78 Å². The minimum Gasteiger partial charge on any atom is -0.493 e. The molecule has 3 aromatic heterocycles. The summed E-state index contributed by atoms with van der Waals surface area (Å²) in [7, 11) is 5.43. The summed E-state index contributed by atoms with van der Waals surface area (Å²) in [5, 5.41) is 6.36. The number of carbonyl (C=O) groups is 1. The Balaban J connectivity index is 1.39. The molecule has 0 spiro atoms. The first-order valence-corrected chi connectivity index (χ1v) is 11.6. The normalized spacial score (nSPS) is 13.5. The predicted molar refractivity (Wildman–Crippen MR) is 138 cm³/mol. The van der Waals surface area contributed by atoms with Crippen LogP contribution >= 0.6 is 0 Å². The Morgan fingerprint density at radius 3 is 2.56 bits per heavy atom. The van der Waals surface area contributed by atoms with Crippen LogP contribution in [0.2, 0.25) is 0 Å². The number of nitrogens with zero attached hydrogens (tertiary/aromatic N) is 7. The second-order valence-electron chi connectivity index (χ2n) is 8.54. The van der Waals surface area contributed by atoms with Crippen LogP contribution in [0.5, 0.6) is 5.75 Å². The van der Waals surface area contributed by atoms with Crippen molar-refractivity contribution in [2.24, 2.45) is 0 Å². The lowest BCUT2D eigenvalue weighted by atomic mass is 10.1. The molecule has 4 aromatic rings. The topological polar surface area (TPSA) is 121 Å². The number of nitrogens with one attached hydrogen (secondary N) is 2. The zero-order chi connectivity index (χ0) is 25.1. The van der Waals surface area contributed by atoms with Crippen molar-refractivity contribution in [3.63, 3.8) is 0 Å². The fourth-order valence-corrected chi connectivity index (χ4v) is 3.91. The molecule has 11 heteroatoms. The van der Waals surface area contributed by atoms with Gasteiger partial charge in [-0.05, 0) is 24.3 Å². The van der Waals surface area contributed by atoms with E-state index in [0.717, 1.165) is 35.5 Å². The molecule has 0 aliphatic carbocycles. The highest BCUT2D eigenvalue weighted by molar-refractivity contribution is 5.94. The highest BCUT2D eigenvalue weighted by Crippen LogP contribution is 2.30. The molecule has 2 N–H and O–H groups in total. The summed E-state index contributed by atoms with van der Waals surface area (Å²) in [6.45, 7) is 2.99. The van der Waals surface area contributed by atoms with Crippen LogP contribution < -0.4 is 20.3 Å². The van der Waals surface area contributed by atoms with E-state index in [1.807, 2.05) is 42.1 Å². The average Bonchev–Trinajstić information content (AvgIpc) is 2.93. The number of amides is 1. The van der Waals surface area contributed by atoms with E-state index in [0.29, 0.717) is 41.9 Å². The Kier molecular flexibility index (Phi) is 6.54. The Morgan fingerprint density at radius 1 is 1.00 bits per heavy atom. The minimum atomic E-state index is -0.0182. The Morgan fingerprint density at radius 2 is 1.83 bits per heavy atom. The Bertz CT molecular complexity index is 1390. The van der Waals surface area contributed by atoms with Gasteiger partial charge in [0.15, 0.2) is 5.75 Å². The van der Waals surface area contributed by atoms with E-state index >= 15 is 0 Å². The maximum atomic E-state index is 12.7. The molecule has 11 nitrogen and oxygen atoms in total. The first-order chi connectivity index (χ1) is 17.5. The Hall–Kier alpha value is -4.38. The molecule has 5 rings (SSSR count). The molecule has 0 atom stereocenters. The van der Waals surface area contributed by atoms with Crippen LogP contribution in [0, 0.1) is 0 Å². The van der Waals surface area contributed by atoms with Gasteiger partial charge in [0, 0.05) is 52.0 Å². The van der Waals surface area contributed by atoms with Gasteiger partial charge in [0.25, 0.3) is 5.91 Å². The second-order valence-corrected chi connectivity index (χ2v) is 8.54. The van der Waals surface area contributed by atoms with Crippen LogP contribution in [0.4, 0.5) is 17.6 Å². The van der Waals surface area contributed by atoms with E-state index < -0.39 is 0 Å². The summed E-state index contributed by atoms with van der Waals surface area (Å²) in [6.07, 6.45) is 4.92. The second kappa shape index (κ2) is 10.1. The number of anilines is 3. The molecule has 1 fully saturated rings. The molecule has 0 bridgehead atoms. The molecular formula is C25H27N9O2. The number of hydrogen-bond donors (Lipinski definition) is 2. The van der Waals surface area contributed by atoms with Crippen molar-refractivity contribution in [1.82, 2.24) is 35.1 Å². The van der Waals surface area contributed by atoms with Crippen LogP contribution in [-0.2, 0) is 0 Å². The van der Waals surface area contributed by atoms with E-state index in [1.54, 1.807) is 37.8 Å². The summed E-state index contributed by atoms with van der Waals surface area (Å²) >= 11 is 0.